The van der Waals surface area contributed by atoms with Gasteiger partial charge < -0.3 is 30.9 Å². The number of aromatic hydroxyl groups is 1. The number of likely N-dealkylation sites (N-methyl/N-ethyl adjacent to an activating group) is 1. The third-order valence-corrected chi connectivity index (χ3v) is 9.48. The molecule has 1 saturated heterocycles. The zero-order chi connectivity index (χ0) is 30.8. The van der Waals surface area contributed by atoms with Gasteiger partial charge in [0, 0.05) is 35.2 Å². The van der Waals surface area contributed by atoms with Crippen LogP contribution in [0.2, 0.25) is 0 Å². The van der Waals surface area contributed by atoms with Crippen LogP contribution < -0.4 is 10.5 Å². The molecule has 1 aromatic carbocycles. The lowest BCUT2D eigenvalue weighted by Crippen LogP contribution is -2.65. The van der Waals surface area contributed by atoms with E-state index in [0.717, 1.165) is 37.9 Å². The normalized spacial score (nSPS) is 30.0. The number of fused-ring (bicyclic) bond motifs is 3. The monoisotopic (exact) mass is 583 g/mol. The van der Waals surface area contributed by atoms with Gasteiger partial charge in [0.05, 0.1) is 18.7 Å². The van der Waals surface area contributed by atoms with Crippen LogP contribution >= 0.6 is 0 Å². The number of piperidine rings is 1. The Labute approximate surface area is 245 Å². The van der Waals surface area contributed by atoms with Gasteiger partial charge in [-0.2, -0.15) is 0 Å². The quantitative estimate of drug-likeness (QED) is 0.312. The molecule has 3 aliphatic carbocycles. The molecule has 42 heavy (non-hydrogen) atoms. The first-order valence-corrected chi connectivity index (χ1v) is 14.6. The third-order valence-electron chi connectivity index (χ3n) is 9.48. The van der Waals surface area contributed by atoms with Crippen LogP contribution in [-0.4, -0.2) is 93.6 Å². The number of phenols is 1. The Kier molecular flexibility index (Phi) is 7.66. The molecule has 0 bridgehead atoms. The number of amides is 1. The first-order chi connectivity index (χ1) is 19.7. The number of carbonyl (C=O) groups excluding carboxylic acids is 3. The van der Waals surface area contributed by atoms with Crippen LogP contribution in [0.4, 0.5) is 0 Å². The summed E-state index contributed by atoms with van der Waals surface area (Å²) >= 11 is 0. The number of Topliss-reactive ketones (excluding diaryl/α,β-unsaturated/α-hetero) is 2. The minimum absolute atomic E-state index is 0.00120. The summed E-state index contributed by atoms with van der Waals surface area (Å²) in [5, 5.41) is 45.6. The highest BCUT2D eigenvalue weighted by Crippen LogP contribution is 2.55. The second-order valence-corrected chi connectivity index (χ2v) is 12.7. The molecular weight excluding hydrogens is 542 g/mol. The van der Waals surface area contributed by atoms with Gasteiger partial charge in [-0.3, -0.25) is 24.2 Å². The van der Waals surface area contributed by atoms with Crippen molar-refractivity contribution in [3.05, 3.63) is 39.7 Å². The van der Waals surface area contributed by atoms with E-state index in [1.54, 1.807) is 27.3 Å². The maximum atomic E-state index is 14.1. The van der Waals surface area contributed by atoms with E-state index in [9.17, 15) is 34.8 Å². The number of aliphatic hydroxyl groups excluding tert-OH is 2. The Balaban J connectivity index is 1.68. The number of hydrogen-bond donors (Lipinski definition) is 5. The van der Waals surface area contributed by atoms with Crippen molar-refractivity contribution in [2.75, 3.05) is 34.3 Å². The standard InChI is InChI=1S/C31H41N3O8/c1-14(2)13-34-9-7-6-8-19(34)16-12-20(35)22-17(27(16)42-5)10-15-11-18-24(33(3)4)26(37)23(30(32)40)29(39)31(18,41)28(38)21(15)25(22)36/h12,14-15,18-19,24,35-36,39,41H,6-11,13H2,1-5H3,(H2,32,40)/t15-,18-,19?,24-,31-/m0/s1. The molecular formula is C31H41N3O8. The number of likely N-dealkylation sites (tertiary alicyclic amines) is 1. The highest BCUT2D eigenvalue weighted by Gasteiger charge is 2.64. The molecule has 5 rings (SSSR count). The Morgan fingerprint density at radius 2 is 1.90 bits per heavy atom. The number of nitrogens with zero attached hydrogens (tertiary/aromatic N) is 2. The molecule has 11 nitrogen and oxygen atoms in total. The molecule has 0 radical (unpaired) electrons. The molecule has 1 unspecified atom stereocenters. The minimum Gasteiger partial charge on any atom is -0.508 e. The fourth-order valence-corrected chi connectivity index (χ4v) is 7.84. The van der Waals surface area contributed by atoms with Gasteiger partial charge >= 0.3 is 0 Å². The van der Waals surface area contributed by atoms with Crippen LogP contribution in [0.5, 0.6) is 11.5 Å². The third kappa shape index (κ3) is 4.32. The number of benzene rings is 1. The predicted octanol–water partition coefficient (Wildman–Crippen LogP) is 2.16. The van der Waals surface area contributed by atoms with E-state index >= 15 is 0 Å². The van der Waals surface area contributed by atoms with Gasteiger partial charge in [-0.05, 0) is 64.2 Å². The van der Waals surface area contributed by atoms with Crippen molar-refractivity contribution in [3.8, 4) is 11.5 Å². The van der Waals surface area contributed by atoms with Crippen molar-refractivity contribution < 1.29 is 39.5 Å². The fraction of sp³-hybridized carbons (Fsp3) is 0.581. The summed E-state index contributed by atoms with van der Waals surface area (Å²) in [6, 6.07) is 0.463. The van der Waals surface area contributed by atoms with Crippen molar-refractivity contribution in [2.45, 2.75) is 63.6 Å². The number of methoxy groups -OCH3 is 1. The molecule has 1 amide bonds. The van der Waals surface area contributed by atoms with Crippen molar-refractivity contribution in [2.24, 2.45) is 23.5 Å². The molecule has 0 aromatic heterocycles. The summed E-state index contributed by atoms with van der Waals surface area (Å²) < 4.78 is 5.95. The number of ketones is 2. The van der Waals surface area contributed by atoms with Crippen LogP contribution in [0.1, 0.15) is 62.3 Å². The van der Waals surface area contributed by atoms with Gasteiger partial charge in [0.1, 0.15) is 28.6 Å². The van der Waals surface area contributed by atoms with E-state index in [1.807, 2.05) is 0 Å². The van der Waals surface area contributed by atoms with Gasteiger partial charge in [0.15, 0.2) is 11.4 Å². The second-order valence-electron chi connectivity index (χ2n) is 12.7. The Morgan fingerprint density at radius 3 is 2.50 bits per heavy atom. The number of phenolic OH excluding ortho intramolecular Hbond substituents is 1. The Bertz CT molecular complexity index is 1410. The van der Waals surface area contributed by atoms with Crippen molar-refractivity contribution in [1.82, 2.24) is 9.80 Å². The summed E-state index contributed by atoms with van der Waals surface area (Å²) in [5.41, 5.74) is 3.13. The summed E-state index contributed by atoms with van der Waals surface area (Å²) in [5.74, 6) is -5.71. The molecule has 6 N–H and O–H groups in total. The van der Waals surface area contributed by atoms with Crippen LogP contribution in [0.15, 0.2) is 23.0 Å². The van der Waals surface area contributed by atoms with Crippen molar-refractivity contribution >= 4 is 23.2 Å². The van der Waals surface area contributed by atoms with Gasteiger partial charge in [-0.1, -0.05) is 20.3 Å². The molecule has 228 valence electrons. The first-order valence-electron chi connectivity index (χ1n) is 14.6. The molecule has 1 aromatic rings. The summed E-state index contributed by atoms with van der Waals surface area (Å²) in [7, 11) is 4.70. The van der Waals surface area contributed by atoms with Crippen LogP contribution in [0.3, 0.4) is 0 Å². The lowest BCUT2D eigenvalue weighted by atomic mass is 9.57. The van der Waals surface area contributed by atoms with E-state index < -0.39 is 58.0 Å². The summed E-state index contributed by atoms with van der Waals surface area (Å²) in [6.45, 7) is 6.12. The van der Waals surface area contributed by atoms with E-state index in [4.69, 9.17) is 10.5 Å². The average molecular weight is 584 g/mol. The van der Waals surface area contributed by atoms with E-state index in [0.29, 0.717) is 17.2 Å². The van der Waals surface area contributed by atoms with Gasteiger partial charge in [0.25, 0.3) is 5.91 Å². The van der Waals surface area contributed by atoms with Crippen molar-refractivity contribution in [1.29, 1.82) is 0 Å². The predicted molar refractivity (Wildman–Crippen MR) is 154 cm³/mol. The largest absolute Gasteiger partial charge is 0.508 e. The van der Waals surface area contributed by atoms with Crippen molar-refractivity contribution in [3.63, 3.8) is 0 Å². The SMILES string of the molecule is COc1c(C2CCCCN2CC(C)C)cc(O)c2c1C[C@H]1C[C@H]3[C@H](N(C)C)C(=O)C(C(N)=O)=C(O)[C@@]3(O)C(=O)C1=C2O. The Hall–Kier alpha value is -3.41. The maximum Gasteiger partial charge on any atom is 0.255 e. The zero-order valence-electron chi connectivity index (χ0n) is 24.8. The number of hydrogen-bond acceptors (Lipinski definition) is 10. The smallest absolute Gasteiger partial charge is 0.255 e. The molecule has 4 aliphatic rings. The topological polar surface area (TPSA) is 174 Å². The lowest BCUT2D eigenvalue weighted by molar-refractivity contribution is -0.153. The number of ether oxygens (including phenoxy) is 1. The Morgan fingerprint density at radius 1 is 1.21 bits per heavy atom. The summed E-state index contributed by atoms with van der Waals surface area (Å²) in [6.07, 6.45) is 3.20. The molecule has 5 atom stereocenters. The zero-order valence-corrected chi connectivity index (χ0v) is 24.8. The number of carbonyl (C=O) groups is 3. The highest BCUT2D eigenvalue weighted by atomic mass is 16.5. The van der Waals surface area contributed by atoms with Gasteiger partial charge in [0.2, 0.25) is 5.78 Å². The first kappa shape index (κ1) is 30.1. The number of aliphatic hydroxyl groups is 3. The van der Waals surface area contributed by atoms with E-state index in [2.05, 4.69) is 18.7 Å². The molecule has 11 heteroatoms. The number of rotatable bonds is 6. The van der Waals surface area contributed by atoms with Crippen LogP contribution in [0.25, 0.3) is 5.76 Å². The highest BCUT2D eigenvalue weighted by molar-refractivity contribution is 6.24. The summed E-state index contributed by atoms with van der Waals surface area (Å²) in [4.78, 5) is 43.4. The molecule has 1 heterocycles. The number of primary amides is 1. The second kappa shape index (κ2) is 10.7. The number of nitrogens with two attached hydrogens (primary N) is 1. The fourth-order valence-electron chi connectivity index (χ4n) is 7.84. The molecule has 1 saturated carbocycles. The van der Waals surface area contributed by atoms with Crippen LogP contribution in [0, 0.1) is 17.8 Å². The van der Waals surface area contributed by atoms with Crippen LogP contribution in [-0.2, 0) is 20.8 Å². The van der Waals surface area contributed by atoms with E-state index in [-0.39, 0.29) is 35.8 Å². The molecule has 2 fully saturated rings. The average Bonchev–Trinajstić information content (AvgIpc) is 2.90. The molecule has 1 aliphatic heterocycles. The van der Waals surface area contributed by atoms with E-state index in [1.165, 1.54) is 4.90 Å². The van der Waals surface area contributed by atoms with Gasteiger partial charge in [-0.25, -0.2) is 0 Å². The molecule has 0 spiro atoms. The lowest BCUT2D eigenvalue weighted by Gasteiger charge is -2.50. The van der Waals surface area contributed by atoms with Gasteiger partial charge in [-0.15, -0.1) is 0 Å². The minimum atomic E-state index is -2.66. The maximum absolute atomic E-state index is 14.1.